The van der Waals surface area contributed by atoms with Gasteiger partial charge in [-0.05, 0) is 24.6 Å². The number of nitrogens with zero attached hydrogens (tertiary/aromatic N) is 1. The molecule has 1 amide bonds. The Hall–Kier alpha value is -0.810. The first-order chi connectivity index (χ1) is 8.63. The van der Waals surface area contributed by atoms with Crippen LogP contribution in [0.5, 0.6) is 0 Å². The molecule has 2 rings (SSSR count). The molecule has 0 radical (unpaired) electrons. The molecule has 1 atom stereocenters. The second kappa shape index (κ2) is 7.10. The minimum Gasteiger partial charge on any atom is -0.373 e. The monoisotopic (exact) mass is 304 g/mol. The van der Waals surface area contributed by atoms with Gasteiger partial charge in [0.05, 0.1) is 12.7 Å². The van der Waals surface area contributed by atoms with Crippen molar-refractivity contribution in [2.75, 3.05) is 26.2 Å². The number of halogens is 2. The first-order valence-corrected chi connectivity index (χ1v) is 6.37. The van der Waals surface area contributed by atoms with E-state index in [4.69, 9.17) is 22.1 Å². The second-order valence-corrected chi connectivity index (χ2v) is 4.80. The van der Waals surface area contributed by atoms with Crippen molar-refractivity contribution in [3.63, 3.8) is 0 Å². The lowest BCUT2D eigenvalue weighted by molar-refractivity contribution is -0.0167. The van der Waals surface area contributed by atoms with Crippen molar-refractivity contribution in [3.05, 3.63) is 34.3 Å². The molecule has 1 unspecified atom stereocenters. The summed E-state index contributed by atoms with van der Waals surface area (Å²) in [5, 5.41) is 0.615. The van der Waals surface area contributed by atoms with E-state index in [1.54, 1.807) is 23.1 Å². The fraction of sp³-hybridized carbons (Fsp3) is 0.462. The van der Waals surface area contributed by atoms with Crippen molar-refractivity contribution >= 4 is 29.9 Å². The summed E-state index contributed by atoms with van der Waals surface area (Å²) >= 11 is 6.04. The fourth-order valence-corrected chi connectivity index (χ4v) is 2.23. The maximum atomic E-state index is 12.4. The SMILES string of the molecule is Cc1c(Cl)cccc1C(=O)N1CCOC(CN)C1.Cl. The largest absolute Gasteiger partial charge is 0.373 e. The van der Waals surface area contributed by atoms with Crippen molar-refractivity contribution in [2.24, 2.45) is 5.73 Å². The van der Waals surface area contributed by atoms with E-state index in [1.807, 2.05) is 6.92 Å². The lowest BCUT2D eigenvalue weighted by Gasteiger charge is -2.32. The molecule has 0 saturated carbocycles. The van der Waals surface area contributed by atoms with Crippen LogP contribution in [0.25, 0.3) is 0 Å². The number of rotatable bonds is 2. The van der Waals surface area contributed by atoms with Crippen molar-refractivity contribution < 1.29 is 9.53 Å². The van der Waals surface area contributed by atoms with Gasteiger partial charge in [0.15, 0.2) is 0 Å². The molecule has 2 N–H and O–H groups in total. The van der Waals surface area contributed by atoms with Gasteiger partial charge < -0.3 is 15.4 Å². The van der Waals surface area contributed by atoms with Crippen molar-refractivity contribution in [1.82, 2.24) is 4.90 Å². The standard InChI is InChI=1S/C13H17ClN2O2.ClH/c1-9-11(3-2-4-12(9)14)13(17)16-5-6-18-10(7-15)8-16;/h2-4,10H,5-8,15H2,1H3;1H. The quantitative estimate of drug-likeness (QED) is 0.907. The third kappa shape index (κ3) is 3.60. The van der Waals surface area contributed by atoms with Crippen molar-refractivity contribution in [2.45, 2.75) is 13.0 Å². The van der Waals surface area contributed by atoms with E-state index in [-0.39, 0.29) is 24.4 Å². The number of hydrogen-bond donors (Lipinski definition) is 1. The first kappa shape index (κ1) is 16.2. The Morgan fingerprint density at radius 1 is 1.58 bits per heavy atom. The third-order valence-electron chi connectivity index (χ3n) is 3.19. The zero-order valence-corrected chi connectivity index (χ0v) is 12.3. The van der Waals surface area contributed by atoms with E-state index in [0.29, 0.717) is 36.8 Å². The summed E-state index contributed by atoms with van der Waals surface area (Å²) in [6.07, 6.45) is -0.0674. The molecule has 19 heavy (non-hydrogen) atoms. The van der Waals surface area contributed by atoms with Gasteiger partial charge in [-0.25, -0.2) is 0 Å². The molecular formula is C13H18Cl2N2O2. The lowest BCUT2D eigenvalue weighted by atomic mass is 10.1. The highest BCUT2D eigenvalue weighted by Crippen LogP contribution is 2.21. The average Bonchev–Trinajstić information content (AvgIpc) is 2.41. The summed E-state index contributed by atoms with van der Waals surface area (Å²) < 4.78 is 5.45. The molecule has 1 heterocycles. The van der Waals surface area contributed by atoms with Crippen LogP contribution in [0.4, 0.5) is 0 Å². The summed E-state index contributed by atoms with van der Waals surface area (Å²) in [5.74, 6) is -0.00301. The topological polar surface area (TPSA) is 55.6 Å². The second-order valence-electron chi connectivity index (χ2n) is 4.39. The Labute approximate surface area is 124 Å². The van der Waals surface area contributed by atoms with E-state index in [1.165, 1.54) is 0 Å². The molecule has 0 spiro atoms. The Balaban J connectivity index is 0.00000180. The Morgan fingerprint density at radius 3 is 3.00 bits per heavy atom. The number of amides is 1. The van der Waals surface area contributed by atoms with Crippen molar-refractivity contribution in [1.29, 1.82) is 0 Å². The molecule has 1 aromatic carbocycles. The molecule has 1 aliphatic heterocycles. The van der Waals surface area contributed by atoms with Crippen LogP contribution in [0.2, 0.25) is 5.02 Å². The maximum absolute atomic E-state index is 12.4. The fourth-order valence-electron chi connectivity index (χ4n) is 2.06. The van der Waals surface area contributed by atoms with E-state index in [9.17, 15) is 4.79 Å². The summed E-state index contributed by atoms with van der Waals surface area (Å²) in [5.41, 5.74) is 7.05. The Morgan fingerprint density at radius 2 is 2.32 bits per heavy atom. The van der Waals surface area contributed by atoms with Gasteiger partial charge >= 0.3 is 0 Å². The molecule has 4 nitrogen and oxygen atoms in total. The average molecular weight is 305 g/mol. The van der Waals surface area contributed by atoms with Crippen LogP contribution in [0.3, 0.4) is 0 Å². The summed E-state index contributed by atoms with van der Waals surface area (Å²) in [7, 11) is 0. The van der Waals surface area contributed by atoms with Gasteiger partial charge in [0.1, 0.15) is 0 Å². The van der Waals surface area contributed by atoms with Crippen LogP contribution < -0.4 is 5.73 Å². The van der Waals surface area contributed by atoms with Crippen LogP contribution in [0.1, 0.15) is 15.9 Å². The van der Waals surface area contributed by atoms with Gasteiger partial charge in [0.25, 0.3) is 5.91 Å². The number of hydrogen-bond acceptors (Lipinski definition) is 3. The van der Waals surface area contributed by atoms with Gasteiger partial charge in [-0.15, -0.1) is 12.4 Å². The number of ether oxygens (including phenoxy) is 1. The van der Waals surface area contributed by atoms with Crippen LogP contribution in [0, 0.1) is 6.92 Å². The highest BCUT2D eigenvalue weighted by molar-refractivity contribution is 6.31. The first-order valence-electron chi connectivity index (χ1n) is 5.99. The molecule has 106 valence electrons. The zero-order chi connectivity index (χ0) is 13.1. The summed E-state index contributed by atoms with van der Waals surface area (Å²) in [6, 6.07) is 5.38. The predicted octanol–water partition coefficient (Wildman–Crippen LogP) is 1.87. The number of carbonyl (C=O) groups is 1. The molecule has 1 aliphatic rings. The van der Waals surface area contributed by atoms with Gasteiger partial charge in [0, 0.05) is 30.2 Å². The molecule has 6 heteroatoms. The molecule has 1 fully saturated rings. The molecule has 1 saturated heterocycles. The molecular weight excluding hydrogens is 287 g/mol. The normalized spacial score (nSPS) is 18.9. The highest BCUT2D eigenvalue weighted by Gasteiger charge is 2.25. The van der Waals surface area contributed by atoms with E-state index in [0.717, 1.165) is 5.56 Å². The van der Waals surface area contributed by atoms with Crippen LogP contribution >= 0.6 is 24.0 Å². The molecule has 0 bridgehead atoms. The van der Waals surface area contributed by atoms with Crippen LogP contribution in [0.15, 0.2) is 18.2 Å². The number of benzene rings is 1. The maximum Gasteiger partial charge on any atom is 0.254 e. The van der Waals surface area contributed by atoms with E-state index in [2.05, 4.69) is 0 Å². The van der Waals surface area contributed by atoms with Gasteiger partial charge in [-0.3, -0.25) is 4.79 Å². The van der Waals surface area contributed by atoms with Crippen molar-refractivity contribution in [3.8, 4) is 0 Å². The molecule has 1 aromatic rings. The Bertz CT molecular complexity index is 454. The van der Waals surface area contributed by atoms with Gasteiger partial charge in [0.2, 0.25) is 0 Å². The van der Waals surface area contributed by atoms with Gasteiger partial charge in [-0.1, -0.05) is 17.7 Å². The minimum absolute atomic E-state index is 0. The predicted molar refractivity (Wildman–Crippen MR) is 78.1 cm³/mol. The number of nitrogens with two attached hydrogens (primary N) is 1. The third-order valence-corrected chi connectivity index (χ3v) is 3.60. The smallest absolute Gasteiger partial charge is 0.254 e. The zero-order valence-electron chi connectivity index (χ0n) is 10.8. The molecule has 0 aliphatic carbocycles. The minimum atomic E-state index is -0.0674. The van der Waals surface area contributed by atoms with Gasteiger partial charge in [-0.2, -0.15) is 0 Å². The van der Waals surface area contributed by atoms with E-state index < -0.39 is 0 Å². The summed E-state index contributed by atoms with van der Waals surface area (Å²) in [4.78, 5) is 14.2. The Kier molecular flexibility index (Phi) is 6.07. The summed E-state index contributed by atoms with van der Waals surface area (Å²) in [6.45, 7) is 3.96. The van der Waals surface area contributed by atoms with Crippen LogP contribution in [-0.2, 0) is 4.74 Å². The number of carbonyl (C=O) groups excluding carboxylic acids is 1. The highest BCUT2D eigenvalue weighted by atomic mass is 35.5. The number of morpholine rings is 1. The van der Waals surface area contributed by atoms with Crippen LogP contribution in [-0.4, -0.2) is 43.2 Å². The van der Waals surface area contributed by atoms with E-state index >= 15 is 0 Å². The molecule has 0 aromatic heterocycles. The lowest BCUT2D eigenvalue weighted by Crippen LogP contribution is -2.48.